The SMILES string of the molecule is C=CC(=O)NCC(NC(=O)c1ccc2c(c1)COCC2)c1ccc2ccccc2c1. The van der Waals surface area contributed by atoms with Crippen molar-refractivity contribution < 1.29 is 14.3 Å². The molecule has 1 unspecified atom stereocenters. The van der Waals surface area contributed by atoms with Gasteiger partial charge < -0.3 is 15.4 Å². The normalized spacial score (nSPS) is 13.9. The molecule has 0 radical (unpaired) electrons. The Morgan fingerprint density at radius 1 is 1.03 bits per heavy atom. The third-order valence-corrected chi connectivity index (χ3v) is 5.39. The second kappa shape index (κ2) is 8.93. The fourth-order valence-electron chi connectivity index (χ4n) is 3.70. The molecule has 30 heavy (non-hydrogen) atoms. The maximum atomic E-state index is 13.0. The van der Waals surface area contributed by atoms with Gasteiger partial charge in [0.15, 0.2) is 0 Å². The maximum absolute atomic E-state index is 13.0. The van der Waals surface area contributed by atoms with Gasteiger partial charge in [-0.15, -0.1) is 0 Å². The molecule has 0 saturated heterocycles. The molecule has 4 rings (SSSR count). The fraction of sp³-hybridized carbons (Fsp3) is 0.200. The summed E-state index contributed by atoms with van der Waals surface area (Å²) in [7, 11) is 0. The Morgan fingerprint density at radius 3 is 2.70 bits per heavy atom. The lowest BCUT2D eigenvalue weighted by Gasteiger charge is -2.21. The van der Waals surface area contributed by atoms with E-state index in [9.17, 15) is 9.59 Å². The van der Waals surface area contributed by atoms with Crippen LogP contribution >= 0.6 is 0 Å². The molecule has 1 aliphatic heterocycles. The standard InChI is InChI=1S/C25H24N2O3/c1-2-24(28)26-15-23(20-9-7-17-5-3-4-6-19(17)13-20)27-25(29)21-10-8-18-11-12-30-16-22(18)14-21/h2-10,13-14,23H,1,11-12,15-16H2,(H,26,28)(H,27,29). The van der Waals surface area contributed by atoms with Gasteiger partial charge in [0, 0.05) is 12.1 Å². The van der Waals surface area contributed by atoms with Crippen molar-refractivity contribution in [3.63, 3.8) is 0 Å². The molecule has 0 aliphatic carbocycles. The maximum Gasteiger partial charge on any atom is 0.251 e. The molecule has 3 aromatic rings. The van der Waals surface area contributed by atoms with Crippen molar-refractivity contribution in [3.8, 4) is 0 Å². The van der Waals surface area contributed by atoms with E-state index in [1.807, 2.05) is 60.7 Å². The molecule has 2 N–H and O–H groups in total. The largest absolute Gasteiger partial charge is 0.376 e. The van der Waals surface area contributed by atoms with Gasteiger partial charge in [0.05, 0.1) is 19.3 Å². The zero-order valence-electron chi connectivity index (χ0n) is 16.7. The third-order valence-electron chi connectivity index (χ3n) is 5.39. The minimum atomic E-state index is -0.377. The van der Waals surface area contributed by atoms with Crippen LogP contribution in [0, 0.1) is 0 Å². The predicted molar refractivity (Wildman–Crippen MR) is 117 cm³/mol. The van der Waals surface area contributed by atoms with Crippen LogP contribution in [0.2, 0.25) is 0 Å². The predicted octanol–water partition coefficient (Wildman–Crippen LogP) is 3.69. The van der Waals surface area contributed by atoms with Gasteiger partial charge in [-0.25, -0.2) is 0 Å². The molecule has 0 aromatic heterocycles. The molecule has 0 fully saturated rings. The van der Waals surface area contributed by atoms with Gasteiger partial charge in [0.1, 0.15) is 0 Å². The van der Waals surface area contributed by atoms with E-state index >= 15 is 0 Å². The molecule has 5 heteroatoms. The first-order valence-electron chi connectivity index (χ1n) is 10.0. The summed E-state index contributed by atoms with van der Waals surface area (Å²) in [6, 6.07) is 19.5. The van der Waals surface area contributed by atoms with Crippen molar-refractivity contribution in [2.45, 2.75) is 19.1 Å². The van der Waals surface area contributed by atoms with E-state index < -0.39 is 0 Å². The molecular formula is C25H24N2O3. The molecule has 1 atom stereocenters. The van der Waals surface area contributed by atoms with Crippen molar-refractivity contribution in [1.82, 2.24) is 10.6 Å². The minimum absolute atomic E-state index is 0.186. The van der Waals surface area contributed by atoms with Crippen LogP contribution in [0.1, 0.15) is 33.1 Å². The van der Waals surface area contributed by atoms with Gasteiger partial charge in [-0.1, -0.05) is 49.0 Å². The second-order valence-corrected chi connectivity index (χ2v) is 7.37. The average molecular weight is 400 g/mol. The molecule has 0 bridgehead atoms. The van der Waals surface area contributed by atoms with Crippen molar-refractivity contribution >= 4 is 22.6 Å². The smallest absolute Gasteiger partial charge is 0.251 e. The van der Waals surface area contributed by atoms with E-state index in [-0.39, 0.29) is 24.4 Å². The highest BCUT2D eigenvalue weighted by Gasteiger charge is 2.19. The molecule has 1 heterocycles. The quantitative estimate of drug-likeness (QED) is 0.620. The number of hydrogen-bond donors (Lipinski definition) is 2. The number of hydrogen-bond acceptors (Lipinski definition) is 3. The van der Waals surface area contributed by atoms with E-state index in [2.05, 4.69) is 17.2 Å². The Labute approximate surface area is 175 Å². The molecule has 2 amide bonds. The zero-order valence-corrected chi connectivity index (χ0v) is 16.7. The minimum Gasteiger partial charge on any atom is -0.376 e. The second-order valence-electron chi connectivity index (χ2n) is 7.37. The van der Waals surface area contributed by atoms with Gasteiger partial charge in [-0.05, 0) is 58.2 Å². The average Bonchev–Trinajstić information content (AvgIpc) is 2.80. The molecule has 152 valence electrons. The summed E-state index contributed by atoms with van der Waals surface area (Å²) in [5.74, 6) is -0.463. The van der Waals surface area contributed by atoms with Crippen LogP contribution in [-0.2, 0) is 22.6 Å². The highest BCUT2D eigenvalue weighted by atomic mass is 16.5. The van der Waals surface area contributed by atoms with Crippen molar-refractivity contribution in [2.24, 2.45) is 0 Å². The van der Waals surface area contributed by atoms with Gasteiger partial charge in [0.2, 0.25) is 5.91 Å². The van der Waals surface area contributed by atoms with Crippen LogP contribution in [0.4, 0.5) is 0 Å². The lowest BCUT2D eigenvalue weighted by molar-refractivity contribution is -0.116. The summed E-state index contributed by atoms with van der Waals surface area (Å²) in [5, 5.41) is 8.07. The molecule has 5 nitrogen and oxygen atoms in total. The first kappa shape index (κ1) is 19.9. The van der Waals surface area contributed by atoms with E-state index in [4.69, 9.17) is 4.74 Å². The van der Waals surface area contributed by atoms with Gasteiger partial charge >= 0.3 is 0 Å². The number of carbonyl (C=O) groups is 2. The van der Waals surface area contributed by atoms with E-state index in [0.29, 0.717) is 18.8 Å². The van der Waals surface area contributed by atoms with Crippen molar-refractivity contribution in [2.75, 3.05) is 13.2 Å². The Kier molecular flexibility index (Phi) is 5.91. The monoisotopic (exact) mass is 400 g/mol. The summed E-state index contributed by atoms with van der Waals surface area (Å²) in [6.45, 7) is 5.00. The number of nitrogens with one attached hydrogen (secondary N) is 2. The Hall–Kier alpha value is -3.44. The summed E-state index contributed by atoms with van der Waals surface area (Å²) in [4.78, 5) is 24.7. The Balaban J connectivity index is 1.59. The highest BCUT2D eigenvalue weighted by Crippen LogP contribution is 2.22. The number of amides is 2. The lowest BCUT2D eigenvalue weighted by atomic mass is 9.99. The molecule has 1 aliphatic rings. The zero-order chi connectivity index (χ0) is 20.9. The summed E-state index contributed by atoms with van der Waals surface area (Å²) >= 11 is 0. The van der Waals surface area contributed by atoms with Crippen LogP contribution in [0.5, 0.6) is 0 Å². The van der Waals surface area contributed by atoms with Crippen LogP contribution in [0.3, 0.4) is 0 Å². The van der Waals surface area contributed by atoms with Crippen molar-refractivity contribution in [3.05, 3.63) is 95.6 Å². The highest BCUT2D eigenvalue weighted by molar-refractivity contribution is 5.95. The number of ether oxygens (including phenoxy) is 1. The van der Waals surface area contributed by atoms with Crippen molar-refractivity contribution in [1.29, 1.82) is 0 Å². The first-order chi connectivity index (χ1) is 14.6. The molecular weight excluding hydrogens is 376 g/mol. The van der Waals surface area contributed by atoms with E-state index in [1.54, 1.807) is 0 Å². The van der Waals surface area contributed by atoms with Crippen LogP contribution < -0.4 is 10.6 Å². The lowest BCUT2D eigenvalue weighted by Crippen LogP contribution is -2.37. The fourth-order valence-corrected chi connectivity index (χ4v) is 3.70. The van der Waals surface area contributed by atoms with Crippen LogP contribution in [0.15, 0.2) is 73.3 Å². The third kappa shape index (κ3) is 4.42. The van der Waals surface area contributed by atoms with Crippen LogP contribution in [-0.4, -0.2) is 25.0 Å². The number of fused-ring (bicyclic) bond motifs is 2. The summed E-state index contributed by atoms with van der Waals surface area (Å²) < 4.78 is 5.51. The molecule has 0 spiro atoms. The number of benzene rings is 3. The summed E-state index contributed by atoms with van der Waals surface area (Å²) in [6.07, 6.45) is 2.09. The van der Waals surface area contributed by atoms with Gasteiger partial charge in [-0.3, -0.25) is 9.59 Å². The van der Waals surface area contributed by atoms with Crippen LogP contribution in [0.25, 0.3) is 10.8 Å². The van der Waals surface area contributed by atoms with Gasteiger partial charge in [0.25, 0.3) is 5.91 Å². The summed E-state index contributed by atoms with van der Waals surface area (Å²) in [5.41, 5.74) is 3.78. The Bertz CT molecular complexity index is 1110. The van der Waals surface area contributed by atoms with Gasteiger partial charge in [-0.2, -0.15) is 0 Å². The molecule has 3 aromatic carbocycles. The Morgan fingerprint density at radius 2 is 1.87 bits per heavy atom. The topological polar surface area (TPSA) is 67.4 Å². The molecule has 0 saturated carbocycles. The van der Waals surface area contributed by atoms with E-state index in [1.165, 1.54) is 11.6 Å². The number of rotatable bonds is 6. The number of carbonyl (C=O) groups excluding carboxylic acids is 2. The first-order valence-corrected chi connectivity index (χ1v) is 10.0. The van der Waals surface area contributed by atoms with E-state index in [0.717, 1.165) is 28.3 Å².